The normalized spacial score (nSPS) is 11.9. The Morgan fingerprint density at radius 3 is 2.09 bits per heavy atom. The maximum atomic E-state index is 12.1. The largest absolute Gasteiger partial charge is 0.390 e. The molecule has 0 unspecified atom stereocenters. The molecule has 0 amide bonds. The fourth-order valence-corrected chi connectivity index (χ4v) is 4.18. The first-order chi connectivity index (χ1) is 10.8. The molecular formula is C13H12N2O6S2. The maximum Gasteiger partial charge on any atom is 0.390 e. The van der Waals surface area contributed by atoms with Gasteiger partial charge in [-0.2, -0.15) is 21.2 Å². The minimum absolute atomic E-state index is 0.00590. The number of rotatable bonds is 6. The van der Waals surface area contributed by atoms with Gasteiger partial charge in [0.2, 0.25) is 0 Å². The summed E-state index contributed by atoms with van der Waals surface area (Å²) in [7, 11) is -9.59. The number of nitrogens with zero attached hydrogens (tertiary/aromatic N) is 1. The molecule has 0 aliphatic rings. The van der Waals surface area contributed by atoms with Crippen LogP contribution in [0.1, 0.15) is 10.4 Å². The van der Waals surface area contributed by atoms with E-state index >= 15 is 0 Å². The van der Waals surface area contributed by atoms with Gasteiger partial charge in [0, 0.05) is 5.56 Å². The number of carbonyl (C=O) groups is 1. The molecule has 0 spiro atoms. The Labute approximate surface area is 133 Å². The van der Waals surface area contributed by atoms with E-state index < -0.39 is 25.3 Å². The highest BCUT2D eigenvalue weighted by Crippen LogP contribution is 2.21. The van der Waals surface area contributed by atoms with Gasteiger partial charge in [0.15, 0.2) is 6.29 Å². The molecule has 2 N–H and O–H groups in total. The van der Waals surface area contributed by atoms with E-state index in [0.29, 0.717) is 0 Å². The van der Waals surface area contributed by atoms with E-state index in [9.17, 15) is 21.6 Å². The van der Waals surface area contributed by atoms with Gasteiger partial charge >= 0.3 is 20.4 Å². The van der Waals surface area contributed by atoms with Gasteiger partial charge in [-0.25, -0.2) is 5.84 Å². The molecule has 122 valence electrons. The van der Waals surface area contributed by atoms with Crippen molar-refractivity contribution in [1.82, 2.24) is 0 Å². The summed E-state index contributed by atoms with van der Waals surface area (Å²) in [5, 5.41) is 0. The van der Waals surface area contributed by atoms with Crippen molar-refractivity contribution in [3.8, 4) is 0 Å². The number of hydrazine groups is 1. The molecule has 0 saturated heterocycles. The number of para-hydroxylation sites is 1. The zero-order chi connectivity index (χ0) is 17.1. The summed E-state index contributed by atoms with van der Waals surface area (Å²) in [5.41, 5.74) is -0.225. The minimum Gasteiger partial charge on any atom is -0.298 e. The minimum atomic E-state index is -4.84. The van der Waals surface area contributed by atoms with E-state index in [1.165, 1.54) is 42.5 Å². The summed E-state index contributed by atoms with van der Waals surface area (Å²) in [6.07, 6.45) is 0.278. The molecular weight excluding hydrogens is 344 g/mol. The van der Waals surface area contributed by atoms with Crippen LogP contribution in [-0.4, -0.2) is 23.1 Å². The van der Waals surface area contributed by atoms with Crippen LogP contribution in [-0.2, 0) is 24.1 Å². The van der Waals surface area contributed by atoms with Crippen molar-refractivity contribution in [2.24, 2.45) is 5.84 Å². The summed E-state index contributed by atoms with van der Waals surface area (Å²) in [6, 6.07) is 12.4. The molecule has 8 nitrogen and oxygen atoms in total. The first-order valence-corrected chi connectivity index (χ1v) is 8.90. The highest BCUT2D eigenvalue weighted by atomic mass is 32.3. The number of benzene rings is 2. The van der Waals surface area contributed by atoms with Gasteiger partial charge in [-0.1, -0.05) is 36.4 Å². The van der Waals surface area contributed by atoms with Crippen LogP contribution < -0.4 is 10.3 Å². The van der Waals surface area contributed by atoms with Crippen molar-refractivity contribution in [3.05, 3.63) is 60.2 Å². The van der Waals surface area contributed by atoms with E-state index in [2.05, 4.69) is 3.63 Å². The second kappa shape index (κ2) is 6.46. The fraction of sp³-hybridized carbons (Fsp3) is 0. The molecule has 0 radical (unpaired) electrons. The van der Waals surface area contributed by atoms with E-state index in [1.54, 1.807) is 6.07 Å². The van der Waals surface area contributed by atoms with Crippen LogP contribution in [0.4, 0.5) is 5.69 Å². The second-order valence-electron chi connectivity index (χ2n) is 4.27. The molecule has 0 heterocycles. The zero-order valence-corrected chi connectivity index (χ0v) is 13.2. The van der Waals surface area contributed by atoms with E-state index in [1.807, 2.05) is 0 Å². The molecule has 10 heteroatoms. The number of nitrogens with two attached hydrogens (primary N) is 1. The Balaban J connectivity index is 2.38. The summed E-state index contributed by atoms with van der Waals surface area (Å²) in [4.78, 5) is 10.3. The summed E-state index contributed by atoms with van der Waals surface area (Å²) < 4.78 is 52.7. The SMILES string of the molecule is NN(c1ccccc1)S(=O)(=O)OS(=O)(=O)c1ccccc1C=O. The van der Waals surface area contributed by atoms with Gasteiger partial charge in [-0.3, -0.25) is 4.79 Å². The summed E-state index contributed by atoms with van der Waals surface area (Å²) in [5.74, 6) is 5.41. The van der Waals surface area contributed by atoms with Crippen molar-refractivity contribution in [3.63, 3.8) is 0 Å². The van der Waals surface area contributed by atoms with Crippen molar-refractivity contribution in [2.45, 2.75) is 4.90 Å². The Morgan fingerprint density at radius 2 is 1.48 bits per heavy atom. The standard InChI is InChI=1S/C13H12N2O6S2/c14-15(12-7-2-1-3-8-12)23(19,20)21-22(17,18)13-9-5-4-6-11(13)10-16/h1-10H,14H2. The van der Waals surface area contributed by atoms with Crippen LogP contribution in [0.25, 0.3) is 0 Å². The highest BCUT2D eigenvalue weighted by molar-refractivity contribution is 8.00. The molecule has 0 aromatic heterocycles. The third kappa shape index (κ3) is 3.74. The quantitative estimate of drug-likeness (QED) is 0.462. The number of hydrogen-bond donors (Lipinski definition) is 1. The van der Waals surface area contributed by atoms with Gasteiger partial charge in [-0.15, -0.1) is 3.63 Å². The molecule has 23 heavy (non-hydrogen) atoms. The van der Waals surface area contributed by atoms with Gasteiger partial charge in [-0.05, 0) is 18.2 Å². The maximum absolute atomic E-state index is 12.1. The Morgan fingerprint density at radius 1 is 0.913 bits per heavy atom. The van der Waals surface area contributed by atoms with E-state index in [4.69, 9.17) is 5.84 Å². The number of anilines is 1. The molecule has 0 aliphatic carbocycles. The van der Waals surface area contributed by atoms with Crippen LogP contribution in [0.15, 0.2) is 59.5 Å². The van der Waals surface area contributed by atoms with Gasteiger partial charge in [0.1, 0.15) is 4.90 Å². The van der Waals surface area contributed by atoms with Gasteiger partial charge < -0.3 is 0 Å². The molecule has 2 aromatic carbocycles. The topological polar surface area (TPSA) is 124 Å². The lowest BCUT2D eigenvalue weighted by molar-refractivity contribution is 0.112. The lowest BCUT2D eigenvalue weighted by Crippen LogP contribution is -2.39. The number of aldehydes is 1. The molecule has 0 aliphatic heterocycles. The smallest absolute Gasteiger partial charge is 0.298 e. The van der Waals surface area contributed by atoms with Crippen molar-refractivity contribution in [1.29, 1.82) is 0 Å². The summed E-state index contributed by atoms with van der Waals surface area (Å²) in [6.45, 7) is 0. The van der Waals surface area contributed by atoms with E-state index in [0.717, 1.165) is 6.07 Å². The van der Waals surface area contributed by atoms with Gasteiger partial charge in [0.25, 0.3) is 0 Å². The lowest BCUT2D eigenvalue weighted by atomic mass is 10.2. The van der Waals surface area contributed by atoms with Crippen LogP contribution in [0, 0.1) is 0 Å². The lowest BCUT2D eigenvalue weighted by Gasteiger charge is -2.17. The predicted octanol–water partition coefficient (Wildman–Crippen LogP) is 0.830. The Bertz CT molecular complexity index is 910. The van der Waals surface area contributed by atoms with Gasteiger partial charge in [0.05, 0.1) is 5.69 Å². The average Bonchev–Trinajstić information content (AvgIpc) is 2.54. The third-order valence-electron chi connectivity index (χ3n) is 2.74. The highest BCUT2D eigenvalue weighted by Gasteiger charge is 2.31. The molecule has 2 aromatic rings. The molecule has 0 bridgehead atoms. The van der Waals surface area contributed by atoms with Crippen LogP contribution in [0.5, 0.6) is 0 Å². The van der Waals surface area contributed by atoms with Crippen molar-refractivity contribution < 1.29 is 25.3 Å². The number of carbonyl (C=O) groups excluding carboxylic acids is 1. The van der Waals surface area contributed by atoms with Crippen LogP contribution in [0.3, 0.4) is 0 Å². The zero-order valence-electron chi connectivity index (χ0n) is 11.6. The van der Waals surface area contributed by atoms with Crippen LogP contribution >= 0.6 is 0 Å². The monoisotopic (exact) mass is 356 g/mol. The molecule has 2 rings (SSSR count). The molecule has 0 atom stereocenters. The second-order valence-corrected chi connectivity index (χ2v) is 7.41. The fourth-order valence-electron chi connectivity index (χ4n) is 1.69. The summed E-state index contributed by atoms with van der Waals surface area (Å²) >= 11 is 0. The molecule has 0 saturated carbocycles. The first kappa shape index (κ1) is 17.1. The number of hydrogen-bond acceptors (Lipinski definition) is 7. The third-order valence-corrected chi connectivity index (χ3v) is 5.75. The van der Waals surface area contributed by atoms with Crippen molar-refractivity contribution in [2.75, 3.05) is 4.41 Å². The van der Waals surface area contributed by atoms with Crippen LogP contribution in [0.2, 0.25) is 0 Å². The Kier molecular flexibility index (Phi) is 4.80. The molecule has 0 fully saturated rings. The average molecular weight is 356 g/mol. The first-order valence-electron chi connectivity index (χ1n) is 6.13. The predicted molar refractivity (Wildman–Crippen MR) is 82.1 cm³/mol. The Hall–Kier alpha value is -2.27. The van der Waals surface area contributed by atoms with E-state index in [-0.39, 0.29) is 22.0 Å². The van der Waals surface area contributed by atoms with Crippen molar-refractivity contribution >= 4 is 32.4 Å².